The lowest BCUT2D eigenvalue weighted by atomic mass is 9.69. The van der Waals surface area contributed by atoms with Crippen molar-refractivity contribution < 1.29 is 38.1 Å². The average molecular weight is 536 g/mol. The van der Waals surface area contributed by atoms with Gasteiger partial charge < -0.3 is 23.7 Å². The van der Waals surface area contributed by atoms with Crippen LogP contribution < -0.4 is 9.47 Å². The van der Waals surface area contributed by atoms with Gasteiger partial charge in [-0.05, 0) is 54.7 Å². The zero-order valence-corrected chi connectivity index (χ0v) is 22.8. The van der Waals surface area contributed by atoms with Gasteiger partial charge in [-0.3, -0.25) is 14.6 Å². The predicted octanol–water partition coefficient (Wildman–Crippen LogP) is 4.26. The van der Waals surface area contributed by atoms with Gasteiger partial charge in [0.25, 0.3) is 0 Å². The molecular weight excluding hydrogens is 502 g/mol. The van der Waals surface area contributed by atoms with Gasteiger partial charge in [0.2, 0.25) is 0 Å². The van der Waals surface area contributed by atoms with Gasteiger partial charge >= 0.3 is 11.9 Å². The van der Waals surface area contributed by atoms with E-state index < -0.39 is 23.8 Å². The number of Topliss-reactive ketones (excluding diaryl/α,β-unsaturated/α-hetero) is 1. The molecule has 4 rings (SSSR count). The van der Waals surface area contributed by atoms with Crippen LogP contribution in [0.2, 0.25) is 0 Å². The quantitative estimate of drug-likeness (QED) is 0.346. The van der Waals surface area contributed by atoms with Crippen LogP contribution in [0, 0.1) is 5.92 Å². The Labute approximate surface area is 227 Å². The van der Waals surface area contributed by atoms with Crippen molar-refractivity contribution in [2.45, 2.75) is 31.6 Å². The second-order valence-corrected chi connectivity index (χ2v) is 9.49. The van der Waals surface area contributed by atoms with Crippen molar-refractivity contribution in [2.24, 2.45) is 10.9 Å². The summed E-state index contributed by atoms with van der Waals surface area (Å²) in [5.74, 6) is -1.32. The van der Waals surface area contributed by atoms with Gasteiger partial charge in [-0.15, -0.1) is 0 Å². The standard InChI is InChI=1S/C30H33NO8/c1-17-26(30(34)39-13-12-35-2)27(18-6-8-19(9-7-18)29(33)38-5)28-22(31-17)14-21(15-23(28)32)20-10-11-24(36-3)25(16-20)37-4/h6-11,16,21,26-27H,12-15H2,1-5H3/t21-,26?,27-/m1/s1. The monoisotopic (exact) mass is 535 g/mol. The fraction of sp³-hybridized carbons (Fsp3) is 0.400. The Morgan fingerprint density at radius 2 is 1.59 bits per heavy atom. The number of carbonyl (C=O) groups excluding carboxylic acids is 3. The van der Waals surface area contributed by atoms with E-state index in [2.05, 4.69) is 0 Å². The molecule has 2 aliphatic rings. The van der Waals surface area contributed by atoms with Crippen LogP contribution in [-0.2, 0) is 23.8 Å². The average Bonchev–Trinajstić information content (AvgIpc) is 2.95. The zero-order chi connectivity index (χ0) is 28.1. The van der Waals surface area contributed by atoms with Gasteiger partial charge in [-0.1, -0.05) is 18.2 Å². The molecule has 0 saturated carbocycles. The maximum atomic E-state index is 13.8. The Balaban J connectivity index is 1.74. The molecular formula is C30H33NO8. The van der Waals surface area contributed by atoms with E-state index in [1.807, 2.05) is 18.2 Å². The van der Waals surface area contributed by atoms with Crippen LogP contribution in [0.15, 0.2) is 58.7 Å². The fourth-order valence-corrected chi connectivity index (χ4v) is 5.33. The van der Waals surface area contributed by atoms with Crippen molar-refractivity contribution >= 4 is 23.4 Å². The minimum Gasteiger partial charge on any atom is -0.493 e. The number of allylic oxidation sites excluding steroid dienone is 2. The zero-order valence-electron chi connectivity index (χ0n) is 22.8. The molecule has 0 radical (unpaired) electrons. The minimum atomic E-state index is -0.786. The predicted molar refractivity (Wildman–Crippen MR) is 144 cm³/mol. The number of ether oxygens (including phenoxy) is 5. The van der Waals surface area contributed by atoms with E-state index in [1.165, 1.54) is 14.2 Å². The number of hydrogen-bond acceptors (Lipinski definition) is 9. The van der Waals surface area contributed by atoms with E-state index in [0.29, 0.717) is 40.5 Å². The summed E-state index contributed by atoms with van der Waals surface area (Å²) in [6, 6.07) is 12.4. The molecule has 3 atom stereocenters. The fourth-order valence-electron chi connectivity index (χ4n) is 5.33. The number of esters is 2. The van der Waals surface area contributed by atoms with Crippen LogP contribution in [0.4, 0.5) is 0 Å². The first-order valence-corrected chi connectivity index (χ1v) is 12.7. The van der Waals surface area contributed by atoms with Gasteiger partial charge in [0.05, 0.1) is 33.5 Å². The molecule has 0 spiro atoms. The first-order chi connectivity index (χ1) is 18.8. The third kappa shape index (κ3) is 5.73. The Morgan fingerprint density at radius 3 is 2.23 bits per heavy atom. The molecule has 1 aliphatic heterocycles. The summed E-state index contributed by atoms with van der Waals surface area (Å²) in [5.41, 5.74) is 3.78. The molecule has 2 aromatic rings. The van der Waals surface area contributed by atoms with E-state index >= 15 is 0 Å². The van der Waals surface area contributed by atoms with Crippen LogP contribution in [0.3, 0.4) is 0 Å². The molecule has 1 unspecified atom stereocenters. The second kappa shape index (κ2) is 12.3. The van der Waals surface area contributed by atoms with Gasteiger partial charge in [-0.25, -0.2) is 4.79 Å². The highest BCUT2D eigenvalue weighted by molar-refractivity contribution is 6.09. The summed E-state index contributed by atoms with van der Waals surface area (Å²) in [6.45, 7) is 2.13. The molecule has 206 valence electrons. The van der Waals surface area contributed by atoms with Crippen LogP contribution in [0.1, 0.15) is 53.1 Å². The van der Waals surface area contributed by atoms with Gasteiger partial charge in [0, 0.05) is 36.4 Å². The SMILES string of the molecule is COCCOC(=O)C1C(C)=NC2=C(C(=O)C[C@H](c3ccc(OC)c(OC)c3)C2)[C@@H]1c1ccc(C(=O)OC)cc1. The molecule has 9 heteroatoms. The molecule has 0 aromatic heterocycles. The third-order valence-corrected chi connectivity index (χ3v) is 7.24. The first-order valence-electron chi connectivity index (χ1n) is 12.7. The molecule has 0 N–H and O–H groups in total. The maximum absolute atomic E-state index is 13.8. The van der Waals surface area contributed by atoms with Gasteiger partial charge in [-0.2, -0.15) is 0 Å². The van der Waals surface area contributed by atoms with E-state index in [-0.39, 0.29) is 31.3 Å². The van der Waals surface area contributed by atoms with Crippen LogP contribution in [0.5, 0.6) is 11.5 Å². The Kier molecular flexibility index (Phi) is 8.81. The van der Waals surface area contributed by atoms with Gasteiger partial charge in [0.1, 0.15) is 12.5 Å². The molecule has 1 heterocycles. The topological polar surface area (TPSA) is 110 Å². The van der Waals surface area contributed by atoms with Crippen molar-refractivity contribution in [2.75, 3.05) is 41.7 Å². The summed E-state index contributed by atoms with van der Waals surface area (Å²) in [4.78, 5) is 43.9. The van der Waals surface area contributed by atoms with Crippen LogP contribution in [0.25, 0.3) is 0 Å². The van der Waals surface area contributed by atoms with E-state index in [4.69, 9.17) is 28.7 Å². The number of aliphatic imine (C=N–C) groups is 1. The highest BCUT2D eigenvalue weighted by Gasteiger charge is 2.44. The maximum Gasteiger partial charge on any atom is 0.337 e. The molecule has 39 heavy (non-hydrogen) atoms. The van der Waals surface area contributed by atoms with Crippen molar-refractivity contribution in [1.29, 1.82) is 0 Å². The molecule has 0 bridgehead atoms. The van der Waals surface area contributed by atoms with Crippen molar-refractivity contribution in [3.63, 3.8) is 0 Å². The highest BCUT2D eigenvalue weighted by atomic mass is 16.6. The minimum absolute atomic E-state index is 0.0796. The molecule has 0 amide bonds. The molecule has 2 aromatic carbocycles. The van der Waals surface area contributed by atoms with Crippen molar-refractivity contribution in [3.05, 3.63) is 70.4 Å². The Bertz CT molecular complexity index is 1310. The number of methoxy groups -OCH3 is 4. The smallest absolute Gasteiger partial charge is 0.337 e. The number of hydrogen-bond donors (Lipinski definition) is 0. The largest absolute Gasteiger partial charge is 0.493 e. The lowest BCUT2D eigenvalue weighted by molar-refractivity contribution is -0.147. The summed E-state index contributed by atoms with van der Waals surface area (Å²) >= 11 is 0. The molecule has 9 nitrogen and oxygen atoms in total. The summed E-state index contributed by atoms with van der Waals surface area (Å²) in [5, 5.41) is 0. The normalized spacial score (nSPS) is 20.6. The lowest BCUT2D eigenvalue weighted by Crippen LogP contribution is -2.38. The third-order valence-electron chi connectivity index (χ3n) is 7.24. The first kappa shape index (κ1) is 28.0. The molecule has 0 saturated heterocycles. The second-order valence-electron chi connectivity index (χ2n) is 9.49. The number of ketones is 1. The van der Waals surface area contributed by atoms with Crippen molar-refractivity contribution in [1.82, 2.24) is 0 Å². The number of carbonyl (C=O) groups is 3. The number of nitrogens with zero attached hydrogens (tertiary/aromatic N) is 1. The molecule has 0 fully saturated rings. The van der Waals surface area contributed by atoms with Crippen LogP contribution in [-0.4, -0.2) is 65.1 Å². The van der Waals surface area contributed by atoms with Crippen LogP contribution >= 0.6 is 0 Å². The highest BCUT2D eigenvalue weighted by Crippen LogP contribution is 2.47. The number of rotatable bonds is 9. The van der Waals surface area contributed by atoms with E-state index in [9.17, 15) is 14.4 Å². The van der Waals surface area contributed by atoms with E-state index in [1.54, 1.807) is 45.4 Å². The lowest BCUT2D eigenvalue weighted by Gasteiger charge is -2.36. The summed E-state index contributed by atoms with van der Waals surface area (Å²) < 4.78 is 26.2. The van der Waals surface area contributed by atoms with Gasteiger partial charge in [0.15, 0.2) is 17.3 Å². The Hall–Kier alpha value is -3.98. The molecule has 1 aliphatic carbocycles. The summed E-state index contributed by atoms with van der Waals surface area (Å²) in [6.07, 6.45) is 0.779. The van der Waals surface area contributed by atoms with E-state index in [0.717, 1.165) is 11.1 Å². The Morgan fingerprint density at radius 1 is 0.897 bits per heavy atom. The summed E-state index contributed by atoms with van der Waals surface area (Å²) in [7, 11) is 5.99. The number of benzene rings is 2. The van der Waals surface area contributed by atoms with Crippen molar-refractivity contribution in [3.8, 4) is 11.5 Å².